The number of nitrogens with one attached hydrogen (secondary N) is 1. The van der Waals surface area contributed by atoms with Crippen LogP contribution in [0.4, 0.5) is 5.69 Å². The number of anilines is 1. The average molecular weight is 398 g/mol. The van der Waals surface area contributed by atoms with Crippen LogP contribution in [0.2, 0.25) is 10.0 Å². The van der Waals surface area contributed by atoms with E-state index in [1.165, 1.54) is 18.5 Å². The zero-order chi connectivity index (χ0) is 13.3. The molecule has 0 amide bonds. The van der Waals surface area contributed by atoms with Gasteiger partial charge in [-0.25, -0.2) is 4.98 Å². The van der Waals surface area contributed by atoms with Crippen molar-refractivity contribution in [3.05, 3.63) is 42.4 Å². The maximum atomic E-state index is 11.4. The molecule has 0 bridgehead atoms. The summed E-state index contributed by atoms with van der Waals surface area (Å²) in [5.41, 5.74) is 5.76. The summed E-state index contributed by atoms with van der Waals surface area (Å²) >= 11 is 13.5. The molecule has 1 aromatic heterocycles. The first-order chi connectivity index (χ1) is 8.49. The third-order valence-corrected chi connectivity index (χ3v) is 3.70. The number of aromatic amines is 1. The Hall–Kier alpha value is -0.990. The fourth-order valence-corrected chi connectivity index (χ4v) is 1.91. The number of halogens is 3. The zero-order valence-electron chi connectivity index (χ0n) is 8.71. The van der Waals surface area contributed by atoms with Crippen LogP contribution in [0.15, 0.2) is 23.3 Å². The van der Waals surface area contributed by atoms with Crippen molar-refractivity contribution < 1.29 is 4.74 Å². The Morgan fingerprint density at radius 2 is 2.00 bits per heavy atom. The van der Waals surface area contributed by atoms with Gasteiger partial charge in [0.2, 0.25) is 5.88 Å². The Balaban J connectivity index is 2.43. The van der Waals surface area contributed by atoms with E-state index >= 15 is 0 Å². The third kappa shape index (κ3) is 2.70. The standard InChI is InChI=1S/C10H6Cl2IN3O2/c11-4-1-6(14)7(2-5(4)12)18-10-8(13)9(17)15-3-16-10/h1-3H,14H2,(H,15,16,17). The van der Waals surface area contributed by atoms with Gasteiger partial charge < -0.3 is 15.5 Å². The van der Waals surface area contributed by atoms with Crippen molar-refractivity contribution in [2.75, 3.05) is 5.73 Å². The number of nitrogens with two attached hydrogens (primary N) is 1. The number of benzene rings is 1. The molecule has 0 saturated carbocycles. The number of rotatable bonds is 2. The summed E-state index contributed by atoms with van der Waals surface area (Å²) in [5, 5.41) is 0.635. The first kappa shape index (κ1) is 13.4. The summed E-state index contributed by atoms with van der Waals surface area (Å²) in [6.07, 6.45) is 1.24. The van der Waals surface area contributed by atoms with Crippen molar-refractivity contribution in [1.82, 2.24) is 9.97 Å². The third-order valence-electron chi connectivity index (χ3n) is 2.02. The van der Waals surface area contributed by atoms with E-state index in [0.29, 0.717) is 25.1 Å². The molecular formula is C10H6Cl2IN3O2. The minimum atomic E-state index is -0.292. The summed E-state index contributed by atoms with van der Waals surface area (Å²) in [6, 6.07) is 2.94. The Kier molecular flexibility index (Phi) is 3.98. The second-order valence-electron chi connectivity index (χ2n) is 3.26. The highest BCUT2D eigenvalue weighted by molar-refractivity contribution is 14.1. The van der Waals surface area contributed by atoms with Gasteiger partial charge in [0.25, 0.3) is 5.56 Å². The largest absolute Gasteiger partial charge is 0.435 e. The number of H-pyrrole nitrogens is 1. The molecule has 94 valence electrons. The Bertz CT molecular complexity index is 660. The summed E-state index contributed by atoms with van der Waals surface area (Å²) in [6.45, 7) is 0. The molecule has 0 aliphatic rings. The van der Waals surface area contributed by atoms with Crippen molar-refractivity contribution in [3.63, 3.8) is 0 Å². The molecule has 0 unspecified atom stereocenters. The molecule has 0 radical (unpaired) electrons. The molecule has 0 atom stereocenters. The van der Waals surface area contributed by atoms with E-state index < -0.39 is 0 Å². The smallest absolute Gasteiger partial charge is 0.268 e. The monoisotopic (exact) mass is 397 g/mol. The van der Waals surface area contributed by atoms with E-state index in [9.17, 15) is 4.79 Å². The number of hydrogen-bond donors (Lipinski definition) is 2. The highest BCUT2D eigenvalue weighted by Crippen LogP contribution is 2.34. The number of nitrogens with zero attached hydrogens (tertiary/aromatic N) is 1. The van der Waals surface area contributed by atoms with E-state index in [0.717, 1.165) is 0 Å². The van der Waals surface area contributed by atoms with E-state index in [1.807, 2.05) is 22.6 Å². The topological polar surface area (TPSA) is 81.0 Å². The lowest BCUT2D eigenvalue weighted by Gasteiger charge is -2.09. The van der Waals surface area contributed by atoms with Gasteiger partial charge in [0.15, 0.2) is 5.75 Å². The van der Waals surface area contributed by atoms with Crippen LogP contribution < -0.4 is 16.0 Å². The van der Waals surface area contributed by atoms with Gasteiger partial charge in [-0.15, -0.1) is 0 Å². The molecule has 0 aliphatic heterocycles. The van der Waals surface area contributed by atoms with Crippen molar-refractivity contribution in [3.8, 4) is 11.6 Å². The predicted octanol–water partition coefficient (Wildman–Crippen LogP) is 3.06. The van der Waals surface area contributed by atoms with Gasteiger partial charge in [-0.05, 0) is 28.7 Å². The normalized spacial score (nSPS) is 10.4. The Labute approximate surface area is 125 Å². The molecule has 18 heavy (non-hydrogen) atoms. The molecule has 0 saturated heterocycles. The lowest BCUT2D eigenvalue weighted by atomic mass is 10.3. The molecule has 5 nitrogen and oxygen atoms in total. The van der Waals surface area contributed by atoms with Crippen molar-refractivity contribution in [2.45, 2.75) is 0 Å². The van der Waals surface area contributed by atoms with E-state index in [-0.39, 0.29) is 11.4 Å². The molecular weight excluding hydrogens is 392 g/mol. The molecule has 2 rings (SSSR count). The quantitative estimate of drug-likeness (QED) is 0.602. The van der Waals surface area contributed by atoms with Crippen molar-refractivity contribution >= 4 is 51.5 Å². The number of nitrogen functional groups attached to an aromatic ring is 1. The van der Waals surface area contributed by atoms with Crippen LogP contribution in [-0.2, 0) is 0 Å². The Morgan fingerprint density at radius 3 is 2.72 bits per heavy atom. The molecule has 8 heteroatoms. The van der Waals surface area contributed by atoms with Crippen LogP contribution in [-0.4, -0.2) is 9.97 Å². The first-order valence-electron chi connectivity index (χ1n) is 4.64. The average Bonchev–Trinajstić information content (AvgIpc) is 2.32. The molecule has 0 spiro atoms. The first-order valence-corrected chi connectivity index (χ1v) is 6.48. The van der Waals surface area contributed by atoms with Gasteiger partial charge in [-0.3, -0.25) is 4.79 Å². The number of ether oxygens (including phenoxy) is 1. The van der Waals surface area contributed by atoms with Gasteiger partial charge >= 0.3 is 0 Å². The fourth-order valence-electron chi connectivity index (χ4n) is 1.17. The lowest BCUT2D eigenvalue weighted by Crippen LogP contribution is -2.11. The summed E-state index contributed by atoms with van der Waals surface area (Å²) in [7, 11) is 0. The van der Waals surface area contributed by atoms with E-state index in [1.54, 1.807) is 0 Å². The van der Waals surface area contributed by atoms with Crippen LogP contribution in [0.5, 0.6) is 11.6 Å². The zero-order valence-corrected chi connectivity index (χ0v) is 12.4. The van der Waals surface area contributed by atoms with Crippen molar-refractivity contribution in [2.24, 2.45) is 0 Å². The van der Waals surface area contributed by atoms with Crippen LogP contribution in [0.1, 0.15) is 0 Å². The lowest BCUT2D eigenvalue weighted by molar-refractivity contribution is 0.458. The van der Waals surface area contributed by atoms with Crippen LogP contribution in [0.25, 0.3) is 0 Å². The minimum Gasteiger partial charge on any atom is -0.435 e. The molecule has 1 aromatic carbocycles. The van der Waals surface area contributed by atoms with E-state index in [2.05, 4.69) is 9.97 Å². The molecule has 1 heterocycles. The SMILES string of the molecule is Nc1cc(Cl)c(Cl)cc1Oc1nc[nH]c(=O)c1I. The van der Waals surface area contributed by atoms with Crippen LogP contribution >= 0.6 is 45.8 Å². The molecule has 2 aromatic rings. The van der Waals surface area contributed by atoms with Gasteiger partial charge in [-0.2, -0.15) is 0 Å². The van der Waals surface area contributed by atoms with Crippen LogP contribution in [0.3, 0.4) is 0 Å². The molecule has 0 aliphatic carbocycles. The maximum Gasteiger partial charge on any atom is 0.268 e. The number of hydrogen-bond acceptors (Lipinski definition) is 4. The maximum absolute atomic E-state index is 11.4. The van der Waals surface area contributed by atoms with Gasteiger partial charge in [-0.1, -0.05) is 23.2 Å². The summed E-state index contributed by atoms with van der Waals surface area (Å²) in [5.74, 6) is 0.449. The van der Waals surface area contributed by atoms with Gasteiger partial charge in [0, 0.05) is 6.07 Å². The van der Waals surface area contributed by atoms with Gasteiger partial charge in [0.05, 0.1) is 22.1 Å². The van der Waals surface area contributed by atoms with Gasteiger partial charge in [0.1, 0.15) is 3.57 Å². The second kappa shape index (κ2) is 5.33. The minimum absolute atomic E-state index is 0.157. The molecule has 3 N–H and O–H groups in total. The second-order valence-corrected chi connectivity index (χ2v) is 5.15. The highest BCUT2D eigenvalue weighted by atomic mass is 127. The van der Waals surface area contributed by atoms with E-state index in [4.69, 9.17) is 33.7 Å². The number of aromatic nitrogens is 2. The predicted molar refractivity (Wildman–Crippen MR) is 78.5 cm³/mol. The highest BCUT2D eigenvalue weighted by Gasteiger charge is 2.11. The summed E-state index contributed by atoms with van der Waals surface area (Å²) < 4.78 is 5.77. The Morgan fingerprint density at radius 1 is 1.33 bits per heavy atom. The fraction of sp³-hybridized carbons (Fsp3) is 0. The van der Waals surface area contributed by atoms with Crippen molar-refractivity contribution in [1.29, 1.82) is 0 Å². The summed E-state index contributed by atoms with van der Waals surface area (Å²) in [4.78, 5) is 17.7. The molecule has 0 fully saturated rings. The van der Waals surface area contributed by atoms with Crippen LogP contribution in [0, 0.1) is 3.57 Å².